The maximum Gasteiger partial charge on any atom is 0.0177 e. The monoisotopic (exact) mass is 133 g/mol. The zero-order chi connectivity index (χ0) is 7.23. The van der Waals surface area contributed by atoms with Gasteiger partial charge in [-0.15, -0.1) is 0 Å². The Hall–Kier alpha value is -1.11. The van der Waals surface area contributed by atoms with Crippen molar-refractivity contribution in [3.63, 3.8) is 0 Å². The predicted octanol–water partition coefficient (Wildman–Crippen LogP) is 2.47. The minimum absolute atomic E-state index is 1.11. The van der Waals surface area contributed by atoms with E-state index in [1.165, 1.54) is 11.8 Å². The summed E-state index contributed by atoms with van der Waals surface area (Å²) in [5.74, 6) is 0. The van der Waals surface area contributed by atoms with Crippen LogP contribution in [0.5, 0.6) is 0 Å². The molecular weight excluding hydrogens is 122 g/mol. The first kappa shape index (κ1) is 7.00. The molecule has 0 aromatic rings. The van der Waals surface area contributed by atoms with Crippen LogP contribution in [-0.2, 0) is 0 Å². The van der Waals surface area contributed by atoms with Gasteiger partial charge in [-0.2, -0.15) is 0 Å². The zero-order valence-electron chi connectivity index (χ0n) is 5.88. The fourth-order valence-electron chi connectivity index (χ4n) is 0.932. The molecule has 10 heavy (non-hydrogen) atoms. The van der Waals surface area contributed by atoms with E-state index in [1.54, 1.807) is 6.08 Å². The first-order valence-electron chi connectivity index (χ1n) is 3.46. The molecule has 1 aliphatic rings. The average Bonchev–Trinajstić information content (AvgIpc) is 2.03. The number of hydrogen-bond donors (Lipinski definition) is 1. The van der Waals surface area contributed by atoms with Gasteiger partial charge >= 0.3 is 0 Å². The van der Waals surface area contributed by atoms with Gasteiger partial charge < -0.3 is 5.41 Å². The largest absolute Gasteiger partial charge is 0.309 e. The molecular formula is C9H11N. The highest BCUT2D eigenvalue weighted by Crippen LogP contribution is 2.11. The summed E-state index contributed by atoms with van der Waals surface area (Å²) in [6.07, 6.45) is 13.6. The molecule has 0 bridgehead atoms. The van der Waals surface area contributed by atoms with Crippen LogP contribution in [0, 0.1) is 5.41 Å². The van der Waals surface area contributed by atoms with E-state index in [2.05, 4.69) is 18.2 Å². The zero-order valence-corrected chi connectivity index (χ0v) is 5.88. The third kappa shape index (κ3) is 2.02. The Kier molecular flexibility index (Phi) is 2.68. The molecule has 0 aliphatic heterocycles. The quantitative estimate of drug-likeness (QED) is 0.559. The van der Waals surface area contributed by atoms with Crippen LogP contribution in [0.4, 0.5) is 0 Å². The maximum absolute atomic E-state index is 6.76. The molecule has 0 spiro atoms. The van der Waals surface area contributed by atoms with E-state index in [0.29, 0.717) is 0 Å². The third-order valence-electron chi connectivity index (χ3n) is 1.45. The summed E-state index contributed by atoms with van der Waals surface area (Å²) in [6.45, 7) is 0. The van der Waals surface area contributed by atoms with Gasteiger partial charge in [0, 0.05) is 6.21 Å². The molecule has 1 aliphatic carbocycles. The molecule has 0 saturated carbocycles. The summed E-state index contributed by atoms with van der Waals surface area (Å²) in [6, 6.07) is 0. The molecule has 52 valence electrons. The number of allylic oxidation sites excluding steroid dienone is 6. The topological polar surface area (TPSA) is 23.9 Å². The lowest BCUT2D eigenvalue weighted by atomic mass is 10.1. The standard InChI is InChI=1S/C9H11N/c10-8-4-7-9-5-2-1-3-6-9/h1-2,4-5,7-8,10H,3,6H2/b7-4-,10-8?. The Morgan fingerprint density at radius 3 is 3.00 bits per heavy atom. The van der Waals surface area contributed by atoms with Gasteiger partial charge in [0.1, 0.15) is 0 Å². The van der Waals surface area contributed by atoms with Gasteiger partial charge in [0.15, 0.2) is 0 Å². The van der Waals surface area contributed by atoms with Gasteiger partial charge in [0.2, 0.25) is 0 Å². The lowest BCUT2D eigenvalue weighted by Crippen LogP contribution is -1.81. The average molecular weight is 133 g/mol. The van der Waals surface area contributed by atoms with Crippen LogP contribution in [-0.4, -0.2) is 6.21 Å². The van der Waals surface area contributed by atoms with E-state index in [0.717, 1.165) is 12.8 Å². The Balaban J connectivity index is 2.54. The van der Waals surface area contributed by atoms with Gasteiger partial charge in [-0.05, 0) is 24.5 Å². The van der Waals surface area contributed by atoms with Crippen molar-refractivity contribution in [1.29, 1.82) is 5.41 Å². The highest BCUT2D eigenvalue weighted by atomic mass is 14.3. The molecule has 1 heteroatoms. The van der Waals surface area contributed by atoms with Crippen molar-refractivity contribution in [1.82, 2.24) is 0 Å². The van der Waals surface area contributed by atoms with Crippen LogP contribution in [0.2, 0.25) is 0 Å². The van der Waals surface area contributed by atoms with Crippen LogP contribution in [0.1, 0.15) is 12.8 Å². The Labute approximate surface area is 61.3 Å². The summed E-state index contributed by atoms with van der Waals surface area (Å²) in [5.41, 5.74) is 1.31. The van der Waals surface area contributed by atoms with Crippen LogP contribution in [0.3, 0.4) is 0 Å². The lowest BCUT2D eigenvalue weighted by Gasteiger charge is -2.01. The van der Waals surface area contributed by atoms with E-state index in [4.69, 9.17) is 5.41 Å². The molecule has 0 fully saturated rings. The van der Waals surface area contributed by atoms with Crippen molar-refractivity contribution in [2.45, 2.75) is 12.8 Å². The van der Waals surface area contributed by atoms with Crippen molar-refractivity contribution in [2.75, 3.05) is 0 Å². The number of hydrogen-bond acceptors (Lipinski definition) is 1. The minimum atomic E-state index is 1.11. The van der Waals surface area contributed by atoms with Gasteiger partial charge in [0.05, 0.1) is 0 Å². The van der Waals surface area contributed by atoms with E-state index in [1.807, 2.05) is 6.08 Å². The van der Waals surface area contributed by atoms with Gasteiger partial charge in [0.25, 0.3) is 0 Å². The molecule has 0 aromatic carbocycles. The first-order chi connectivity index (χ1) is 4.93. The summed E-state index contributed by atoms with van der Waals surface area (Å²) in [4.78, 5) is 0. The third-order valence-corrected chi connectivity index (χ3v) is 1.45. The Morgan fingerprint density at radius 1 is 1.50 bits per heavy atom. The fourth-order valence-corrected chi connectivity index (χ4v) is 0.932. The second kappa shape index (κ2) is 3.83. The maximum atomic E-state index is 6.76. The highest BCUT2D eigenvalue weighted by molar-refractivity contribution is 5.68. The van der Waals surface area contributed by atoms with Gasteiger partial charge in [-0.1, -0.05) is 24.3 Å². The molecule has 1 N–H and O–H groups in total. The van der Waals surface area contributed by atoms with E-state index < -0.39 is 0 Å². The molecule has 0 amide bonds. The normalized spacial score (nSPS) is 17.4. The second-order valence-corrected chi connectivity index (χ2v) is 2.23. The van der Waals surface area contributed by atoms with E-state index >= 15 is 0 Å². The molecule has 1 rings (SSSR count). The molecule has 0 saturated heterocycles. The second-order valence-electron chi connectivity index (χ2n) is 2.23. The van der Waals surface area contributed by atoms with Crippen molar-refractivity contribution < 1.29 is 0 Å². The minimum Gasteiger partial charge on any atom is -0.309 e. The van der Waals surface area contributed by atoms with E-state index in [-0.39, 0.29) is 0 Å². The SMILES string of the molecule is N=C/C=C\C1=CC=CCC1. The Bertz CT molecular complexity index is 197. The van der Waals surface area contributed by atoms with Gasteiger partial charge in [-0.3, -0.25) is 0 Å². The lowest BCUT2D eigenvalue weighted by molar-refractivity contribution is 0.991. The summed E-state index contributed by atoms with van der Waals surface area (Å²) in [5, 5.41) is 6.76. The Morgan fingerprint density at radius 2 is 2.40 bits per heavy atom. The van der Waals surface area contributed by atoms with Crippen LogP contribution >= 0.6 is 0 Å². The van der Waals surface area contributed by atoms with Crippen molar-refractivity contribution in [3.8, 4) is 0 Å². The molecule has 0 aromatic heterocycles. The van der Waals surface area contributed by atoms with Crippen LogP contribution < -0.4 is 0 Å². The molecule has 0 unspecified atom stereocenters. The van der Waals surface area contributed by atoms with E-state index in [9.17, 15) is 0 Å². The predicted molar refractivity (Wildman–Crippen MR) is 44.4 cm³/mol. The van der Waals surface area contributed by atoms with Crippen LogP contribution in [0.15, 0.2) is 36.0 Å². The summed E-state index contributed by atoms with van der Waals surface area (Å²) in [7, 11) is 0. The number of rotatable bonds is 2. The van der Waals surface area contributed by atoms with Crippen LogP contribution in [0.25, 0.3) is 0 Å². The highest BCUT2D eigenvalue weighted by Gasteiger charge is 1.92. The fraction of sp³-hybridized carbons (Fsp3) is 0.222. The molecule has 0 atom stereocenters. The van der Waals surface area contributed by atoms with Crippen molar-refractivity contribution in [2.24, 2.45) is 0 Å². The molecule has 1 nitrogen and oxygen atoms in total. The van der Waals surface area contributed by atoms with Crippen molar-refractivity contribution in [3.05, 3.63) is 36.0 Å². The smallest absolute Gasteiger partial charge is 0.0177 e. The summed E-state index contributed by atoms with van der Waals surface area (Å²) < 4.78 is 0. The molecule has 0 heterocycles. The summed E-state index contributed by atoms with van der Waals surface area (Å²) >= 11 is 0. The first-order valence-corrected chi connectivity index (χ1v) is 3.46. The molecule has 0 radical (unpaired) electrons. The van der Waals surface area contributed by atoms with Gasteiger partial charge in [-0.25, -0.2) is 0 Å². The van der Waals surface area contributed by atoms with Crippen molar-refractivity contribution >= 4 is 6.21 Å². The number of nitrogens with one attached hydrogen (secondary N) is 1.